The van der Waals surface area contributed by atoms with Crippen LogP contribution in [0.15, 0.2) is 11.1 Å². The number of hydrogen-bond acceptors (Lipinski definition) is 8. The number of hydrogen-bond donors (Lipinski definition) is 1. The number of carbonyl (C=O) groups excluding carboxylic acids is 4. The summed E-state index contributed by atoms with van der Waals surface area (Å²) in [4.78, 5) is 48.9. The van der Waals surface area contributed by atoms with Crippen molar-refractivity contribution in [2.45, 2.75) is 104 Å². The number of ketones is 1. The standard InChI is InChI=1S/C24H36O8/c1-13(2)17-11-19-22(6,12-18(17)27)10-9-20(23(19,7)29)31-21(28)24(8,32-16(5)26)14(3)30-15(4)25/h14,19-20,29H,9-12H2,1-8H3/t14-,19+,20+,22+,23-,24+/m0/s1. The van der Waals surface area contributed by atoms with E-state index < -0.39 is 46.7 Å². The van der Waals surface area contributed by atoms with Gasteiger partial charge in [0.2, 0.25) is 5.60 Å². The van der Waals surface area contributed by atoms with Crippen LogP contribution in [0.3, 0.4) is 0 Å². The number of Topliss-reactive ketones (excluding diaryl/α,β-unsaturated/α-hetero) is 1. The van der Waals surface area contributed by atoms with Gasteiger partial charge in [0.1, 0.15) is 17.8 Å². The van der Waals surface area contributed by atoms with E-state index in [0.29, 0.717) is 31.3 Å². The lowest BCUT2D eigenvalue weighted by Gasteiger charge is -2.55. The van der Waals surface area contributed by atoms with Crippen molar-refractivity contribution in [2.24, 2.45) is 11.3 Å². The molecule has 8 heteroatoms. The van der Waals surface area contributed by atoms with E-state index in [-0.39, 0.29) is 11.7 Å². The Morgan fingerprint density at radius 1 is 1.12 bits per heavy atom. The SMILES string of the molecule is CC(=O)O[C@@H](C)[C@@](C)(OC(C)=O)C(=O)O[C@@H]1CC[C@]2(C)CC(=O)C(=C(C)C)C[C@H]2[C@]1(C)O. The van der Waals surface area contributed by atoms with E-state index in [1.165, 1.54) is 20.8 Å². The predicted molar refractivity (Wildman–Crippen MR) is 115 cm³/mol. The first kappa shape index (κ1) is 26.0. The van der Waals surface area contributed by atoms with Crippen LogP contribution in [0, 0.1) is 11.3 Å². The van der Waals surface area contributed by atoms with Crippen molar-refractivity contribution in [1.82, 2.24) is 0 Å². The quantitative estimate of drug-likeness (QED) is 0.384. The first-order chi connectivity index (χ1) is 14.5. The smallest absolute Gasteiger partial charge is 0.354 e. The van der Waals surface area contributed by atoms with Gasteiger partial charge in [-0.1, -0.05) is 12.5 Å². The van der Waals surface area contributed by atoms with Gasteiger partial charge in [0, 0.05) is 26.2 Å². The summed E-state index contributed by atoms with van der Waals surface area (Å²) in [7, 11) is 0. The second-order valence-electron chi connectivity index (χ2n) is 10.1. The van der Waals surface area contributed by atoms with Gasteiger partial charge in [0.25, 0.3) is 0 Å². The molecule has 6 atom stereocenters. The molecule has 0 aromatic rings. The second-order valence-corrected chi connectivity index (χ2v) is 10.1. The Kier molecular flexibility index (Phi) is 7.29. The molecule has 2 aliphatic carbocycles. The van der Waals surface area contributed by atoms with Crippen molar-refractivity contribution in [3.63, 3.8) is 0 Å². The molecule has 2 saturated carbocycles. The van der Waals surface area contributed by atoms with Crippen molar-refractivity contribution in [2.75, 3.05) is 0 Å². The zero-order valence-corrected chi connectivity index (χ0v) is 20.4. The molecule has 2 fully saturated rings. The van der Waals surface area contributed by atoms with E-state index in [1.807, 2.05) is 20.8 Å². The van der Waals surface area contributed by atoms with Crippen LogP contribution >= 0.6 is 0 Å². The van der Waals surface area contributed by atoms with Gasteiger partial charge < -0.3 is 19.3 Å². The van der Waals surface area contributed by atoms with Crippen LogP contribution in [0.25, 0.3) is 0 Å². The molecule has 0 unspecified atom stereocenters. The Balaban J connectivity index is 2.33. The molecular formula is C24H36O8. The Morgan fingerprint density at radius 2 is 1.72 bits per heavy atom. The molecule has 8 nitrogen and oxygen atoms in total. The van der Waals surface area contributed by atoms with Gasteiger partial charge in [0.05, 0.1) is 0 Å². The Hall–Kier alpha value is -2.22. The third kappa shape index (κ3) is 4.90. The van der Waals surface area contributed by atoms with Gasteiger partial charge in [-0.3, -0.25) is 14.4 Å². The van der Waals surface area contributed by atoms with E-state index >= 15 is 0 Å². The lowest BCUT2D eigenvalue weighted by atomic mass is 9.53. The first-order valence-electron chi connectivity index (χ1n) is 11.0. The molecule has 0 spiro atoms. The summed E-state index contributed by atoms with van der Waals surface area (Å²) in [5.74, 6) is -2.46. The average molecular weight is 453 g/mol. The van der Waals surface area contributed by atoms with Crippen LogP contribution in [0.1, 0.15) is 81.1 Å². The third-order valence-electron chi connectivity index (χ3n) is 7.22. The van der Waals surface area contributed by atoms with Crippen LogP contribution < -0.4 is 0 Å². The molecule has 0 saturated heterocycles. The number of rotatable bonds is 5. The van der Waals surface area contributed by atoms with E-state index in [0.717, 1.165) is 12.5 Å². The number of aliphatic hydroxyl groups is 1. The van der Waals surface area contributed by atoms with Crippen LogP contribution in [0.5, 0.6) is 0 Å². The fourth-order valence-corrected chi connectivity index (χ4v) is 5.17. The lowest BCUT2D eigenvalue weighted by Crippen LogP contribution is -2.61. The molecule has 2 rings (SSSR count). The maximum Gasteiger partial charge on any atom is 0.354 e. The minimum atomic E-state index is -1.87. The van der Waals surface area contributed by atoms with Crippen LogP contribution in [0.2, 0.25) is 0 Å². The van der Waals surface area contributed by atoms with Gasteiger partial charge in [-0.15, -0.1) is 0 Å². The zero-order chi connectivity index (χ0) is 24.6. The maximum absolute atomic E-state index is 13.2. The summed E-state index contributed by atoms with van der Waals surface area (Å²) in [6.07, 6.45) is -0.287. The summed E-state index contributed by atoms with van der Waals surface area (Å²) in [5, 5.41) is 11.6. The molecule has 0 bridgehead atoms. The fraction of sp³-hybridized carbons (Fsp3) is 0.750. The number of allylic oxidation sites excluding steroid dienone is 2. The molecule has 0 heterocycles. The van der Waals surface area contributed by atoms with Gasteiger partial charge >= 0.3 is 17.9 Å². The number of esters is 3. The topological polar surface area (TPSA) is 116 Å². The number of carbonyl (C=O) groups is 4. The maximum atomic E-state index is 13.2. The predicted octanol–water partition coefficient (Wildman–Crippen LogP) is 3.04. The highest BCUT2D eigenvalue weighted by molar-refractivity contribution is 5.97. The van der Waals surface area contributed by atoms with Crippen molar-refractivity contribution < 1.29 is 38.5 Å². The minimum Gasteiger partial charge on any atom is -0.458 e. The molecule has 0 aromatic heterocycles. The molecule has 0 aromatic carbocycles. The largest absolute Gasteiger partial charge is 0.458 e. The summed E-state index contributed by atoms with van der Waals surface area (Å²) >= 11 is 0. The Bertz CT molecular complexity index is 837. The minimum absolute atomic E-state index is 0.104. The van der Waals surface area contributed by atoms with Crippen LogP contribution in [0.4, 0.5) is 0 Å². The van der Waals surface area contributed by atoms with E-state index in [2.05, 4.69) is 0 Å². The molecule has 180 valence electrons. The van der Waals surface area contributed by atoms with Gasteiger partial charge in [-0.25, -0.2) is 4.79 Å². The van der Waals surface area contributed by atoms with Crippen molar-refractivity contribution in [1.29, 1.82) is 0 Å². The second kappa shape index (κ2) is 8.96. The van der Waals surface area contributed by atoms with E-state index in [4.69, 9.17) is 14.2 Å². The summed E-state index contributed by atoms with van der Waals surface area (Å²) in [6.45, 7) is 12.5. The van der Waals surface area contributed by atoms with E-state index in [9.17, 15) is 24.3 Å². The highest BCUT2D eigenvalue weighted by Gasteiger charge is 2.58. The molecule has 32 heavy (non-hydrogen) atoms. The van der Waals surface area contributed by atoms with Crippen molar-refractivity contribution >= 4 is 23.7 Å². The third-order valence-corrected chi connectivity index (χ3v) is 7.22. The van der Waals surface area contributed by atoms with Gasteiger partial charge in [-0.05, 0) is 64.9 Å². The fourth-order valence-electron chi connectivity index (χ4n) is 5.17. The first-order valence-corrected chi connectivity index (χ1v) is 11.0. The summed E-state index contributed by atoms with van der Waals surface area (Å²) in [5.41, 5.74) is -2.06. The molecule has 0 radical (unpaired) electrons. The van der Waals surface area contributed by atoms with E-state index in [1.54, 1.807) is 6.92 Å². The van der Waals surface area contributed by atoms with Crippen LogP contribution in [-0.2, 0) is 33.4 Å². The number of ether oxygens (including phenoxy) is 3. The Labute approximate surface area is 189 Å². The highest BCUT2D eigenvalue weighted by atomic mass is 16.6. The van der Waals surface area contributed by atoms with Crippen LogP contribution in [-0.4, -0.2) is 52.2 Å². The molecular weight excluding hydrogens is 416 g/mol. The summed E-state index contributed by atoms with van der Waals surface area (Å²) in [6, 6.07) is 0. The van der Waals surface area contributed by atoms with Gasteiger partial charge in [0.15, 0.2) is 5.78 Å². The molecule has 1 N–H and O–H groups in total. The monoisotopic (exact) mass is 452 g/mol. The number of fused-ring (bicyclic) bond motifs is 1. The summed E-state index contributed by atoms with van der Waals surface area (Å²) < 4.78 is 16.1. The van der Waals surface area contributed by atoms with Crippen molar-refractivity contribution in [3.05, 3.63) is 11.1 Å². The van der Waals surface area contributed by atoms with Gasteiger partial charge in [-0.2, -0.15) is 0 Å². The Morgan fingerprint density at radius 3 is 2.22 bits per heavy atom. The zero-order valence-electron chi connectivity index (χ0n) is 20.4. The average Bonchev–Trinajstić information content (AvgIpc) is 2.61. The molecule has 2 aliphatic rings. The molecule has 0 aliphatic heterocycles. The normalized spacial score (nSPS) is 32.8. The van der Waals surface area contributed by atoms with Crippen molar-refractivity contribution in [3.8, 4) is 0 Å². The highest BCUT2D eigenvalue weighted by Crippen LogP contribution is 2.55. The lowest BCUT2D eigenvalue weighted by molar-refractivity contribution is -0.223. The molecule has 0 amide bonds.